The van der Waals surface area contributed by atoms with Crippen LogP contribution in [0, 0.1) is 18.3 Å². The van der Waals surface area contributed by atoms with E-state index >= 15 is 0 Å². The number of rotatable bonds is 5. The van der Waals surface area contributed by atoms with Crippen LogP contribution in [0.15, 0.2) is 65.8 Å². The van der Waals surface area contributed by atoms with Crippen LogP contribution in [0.2, 0.25) is 0 Å². The SMILES string of the molecule is Cc1nc(N=C(N)N)sc1-c1cnc(N(c2ccccc2)c2ccc(C#N)cc2)s1. The standard InChI is InChI=1S/C21H17N7S2/c1-13-18(30-20(26-13)27-19(23)24)17-12-25-21(29-17)28(15-5-3-2-4-6-15)16-9-7-14(11-22)8-10-16/h2-10,12H,1H3,(H4,23,24,26,27). The summed E-state index contributed by atoms with van der Waals surface area (Å²) in [6, 6.07) is 19.6. The van der Waals surface area contributed by atoms with E-state index in [9.17, 15) is 0 Å². The highest BCUT2D eigenvalue weighted by Crippen LogP contribution is 2.43. The van der Waals surface area contributed by atoms with Crippen molar-refractivity contribution in [3.8, 4) is 15.8 Å². The van der Waals surface area contributed by atoms with Crippen molar-refractivity contribution in [3.05, 3.63) is 72.1 Å². The Labute approximate surface area is 181 Å². The number of aliphatic imine (C=N–C) groups is 1. The number of thiazole rings is 2. The Bertz CT molecular complexity index is 1230. The average molecular weight is 432 g/mol. The summed E-state index contributed by atoms with van der Waals surface area (Å²) in [5.74, 6) is -0.0173. The van der Waals surface area contributed by atoms with Gasteiger partial charge in [0.2, 0.25) is 5.13 Å². The lowest BCUT2D eigenvalue weighted by atomic mass is 10.2. The van der Waals surface area contributed by atoms with Crippen LogP contribution < -0.4 is 16.4 Å². The van der Waals surface area contributed by atoms with E-state index in [0.717, 1.165) is 32.0 Å². The molecule has 0 saturated carbocycles. The Morgan fingerprint density at radius 3 is 2.40 bits per heavy atom. The second kappa shape index (κ2) is 8.32. The minimum atomic E-state index is -0.0173. The number of nitrogens with zero attached hydrogens (tertiary/aromatic N) is 5. The fraction of sp³-hybridized carbons (Fsp3) is 0.0476. The molecule has 7 nitrogen and oxygen atoms in total. The maximum absolute atomic E-state index is 9.11. The molecule has 0 fully saturated rings. The molecule has 0 unspecified atom stereocenters. The van der Waals surface area contributed by atoms with Gasteiger partial charge in [-0.05, 0) is 43.3 Å². The summed E-state index contributed by atoms with van der Waals surface area (Å²) in [4.78, 5) is 17.2. The van der Waals surface area contributed by atoms with Gasteiger partial charge in [0.15, 0.2) is 11.1 Å². The van der Waals surface area contributed by atoms with E-state index in [1.807, 2.05) is 55.6 Å². The summed E-state index contributed by atoms with van der Waals surface area (Å²) < 4.78 is 0. The van der Waals surface area contributed by atoms with Gasteiger partial charge in [-0.1, -0.05) is 40.9 Å². The van der Waals surface area contributed by atoms with Crippen molar-refractivity contribution in [2.45, 2.75) is 6.92 Å². The van der Waals surface area contributed by atoms with Gasteiger partial charge in [-0.3, -0.25) is 4.90 Å². The number of hydrogen-bond donors (Lipinski definition) is 2. The third-order valence-corrected chi connectivity index (χ3v) is 6.40. The number of nitriles is 1. The monoisotopic (exact) mass is 431 g/mol. The van der Waals surface area contributed by atoms with Crippen LogP contribution in [0.1, 0.15) is 11.3 Å². The number of anilines is 3. The fourth-order valence-corrected chi connectivity index (χ4v) is 4.94. The highest BCUT2D eigenvalue weighted by Gasteiger charge is 2.19. The van der Waals surface area contributed by atoms with Crippen molar-refractivity contribution in [3.63, 3.8) is 0 Å². The Balaban J connectivity index is 1.76. The normalized spacial score (nSPS) is 10.4. The molecule has 2 aromatic carbocycles. The number of aryl methyl sites for hydroxylation is 1. The molecular weight excluding hydrogens is 414 g/mol. The van der Waals surface area contributed by atoms with E-state index in [4.69, 9.17) is 16.7 Å². The van der Waals surface area contributed by atoms with Crippen molar-refractivity contribution >= 4 is 50.3 Å². The minimum absolute atomic E-state index is 0.0173. The summed E-state index contributed by atoms with van der Waals surface area (Å²) >= 11 is 2.97. The van der Waals surface area contributed by atoms with Gasteiger partial charge in [0.25, 0.3) is 0 Å². The highest BCUT2D eigenvalue weighted by atomic mass is 32.1. The van der Waals surface area contributed by atoms with E-state index in [0.29, 0.717) is 10.7 Å². The summed E-state index contributed by atoms with van der Waals surface area (Å²) in [5.41, 5.74) is 14.3. The van der Waals surface area contributed by atoms with Crippen LogP contribution in [0.4, 0.5) is 21.6 Å². The summed E-state index contributed by atoms with van der Waals surface area (Å²) in [7, 11) is 0. The molecule has 0 spiro atoms. The maximum Gasteiger partial charge on any atom is 0.213 e. The quantitative estimate of drug-likeness (QED) is 0.345. The van der Waals surface area contributed by atoms with Gasteiger partial charge in [-0.15, -0.1) is 0 Å². The molecule has 4 aromatic rings. The molecule has 0 saturated heterocycles. The number of nitrogens with two attached hydrogens (primary N) is 2. The zero-order chi connectivity index (χ0) is 21.1. The smallest absolute Gasteiger partial charge is 0.213 e. The van der Waals surface area contributed by atoms with E-state index < -0.39 is 0 Å². The summed E-state index contributed by atoms with van der Waals surface area (Å²) in [6.45, 7) is 1.92. The number of hydrogen-bond acceptors (Lipinski definition) is 7. The summed E-state index contributed by atoms with van der Waals surface area (Å²) in [5, 5.41) is 10.4. The third-order valence-electron chi connectivity index (χ3n) is 4.19. The lowest BCUT2D eigenvalue weighted by molar-refractivity contribution is 1.23. The largest absolute Gasteiger partial charge is 0.370 e. The van der Waals surface area contributed by atoms with Gasteiger partial charge in [0.1, 0.15) is 0 Å². The van der Waals surface area contributed by atoms with Gasteiger partial charge in [-0.2, -0.15) is 10.3 Å². The molecule has 4 rings (SSSR count). The van der Waals surface area contributed by atoms with Crippen molar-refractivity contribution in [1.29, 1.82) is 5.26 Å². The first-order chi connectivity index (χ1) is 14.5. The zero-order valence-electron chi connectivity index (χ0n) is 16.0. The number of aromatic nitrogens is 2. The molecule has 0 bridgehead atoms. The highest BCUT2D eigenvalue weighted by molar-refractivity contribution is 7.25. The molecule has 0 aliphatic heterocycles. The zero-order valence-corrected chi connectivity index (χ0v) is 17.6. The first-order valence-corrected chi connectivity index (χ1v) is 10.6. The molecule has 0 aliphatic carbocycles. The predicted octanol–water partition coefficient (Wildman–Crippen LogP) is 4.82. The van der Waals surface area contributed by atoms with Crippen LogP contribution in [0.5, 0.6) is 0 Å². The van der Waals surface area contributed by atoms with Crippen LogP contribution in [0.3, 0.4) is 0 Å². The topological polar surface area (TPSA) is 117 Å². The van der Waals surface area contributed by atoms with E-state index in [1.54, 1.807) is 23.5 Å². The number of benzene rings is 2. The van der Waals surface area contributed by atoms with Gasteiger partial charge in [-0.25, -0.2) is 9.97 Å². The second-order valence-electron chi connectivity index (χ2n) is 6.28. The molecule has 2 aromatic heterocycles. The van der Waals surface area contributed by atoms with Crippen molar-refractivity contribution in [2.24, 2.45) is 16.5 Å². The first-order valence-electron chi connectivity index (χ1n) is 8.94. The van der Waals surface area contributed by atoms with Crippen molar-refractivity contribution in [1.82, 2.24) is 9.97 Å². The van der Waals surface area contributed by atoms with Gasteiger partial charge < -0.3 is 11.5 Å². The Morgan fingerprint density at radius 1 is 1.03 bits per heavy atom. The lowest BCUT2D eigenvalue weighted by Gasteiger charge is -2.22. The maximum atomic E-state index is 9.11. The van der Waals surface area contributed by atoms with Crippen LogP contribution >= 0.6 is 22.7 Å². The van der Waals surface area contributed by atoms with Gasteiger partial charge in [0.05, 0.1) is 27.1 Å². The first kappa shape index (κ1) is 19.6. The van der Waals surface area contributed by atoms with Crippen LogP contribution in [-0.4, -0.2) is 15.9 Å². The molecule has 0 aliphatic rings. The van der Waals surface area contributed by atoms with Crippen LogP contribution in [0.25, 0.3) is 9.75 Å². The van der Waals surface area contributed by atoms with Gasteiger partial charge >= 0.3 is 0 Å². The molecular formula is C21H17N7S2. The Kier molecular flexibility index (Phi) is 5.43. The summed E-state index contributed by atoms with van der Waals surface area (Å²) in [6.07, 6.45) is 1.83. The Morgan fingerprint density at radius 2 is 1.73 bits per heavy atom. The predicted molar refractivity (Wildman–Crippen MR) is 123 cm³/mol. The molecule has 4 N–H and O–H groups in total. The number of para-hydroxylation sites is 1. The van der Waals surface area contributed by atoms with E-state index in [-0.39, 0.29) is 5.96 Å². The molecule has 148 valence electrons. The molecule has 30 heavy (non-hydrogen) atoms. The average Bonchev–Trinajstić information content (AvgIpc) is 3.35. The molecule has 0 amide bonds. The Hall–Kier alpha value is -3.74. The van der Waals surface area contributed by atoms with Crippen molar-refractivity contribution in [2.75, 3.05) is 4.90 Å². The molecule has 9 heteroatoms. The second-order valence-corrected chi connectivity index (χ2v) is 8.27. The van der Waals surface area contributed by atoms with Gasteiger partial charge in [0, 0.05) is 17.6 Å². The molecule has 0 radical (unpaired) electrons. The minimum Gasteiger partial charge on any atom is -0.370 e. The van der Waals surface area contributed by atoms with E-state index in [2.05, 4.69) is 25.9 Å². The van der Waals surface area contributed by atoms with Crippen LogP contribution in [-0.2, 0) is 0 Å². The third kappa shape index (κ3) is 4.00. The fourth-order valence-electron chi connectivity index (χ4n) is 2.87. The molecule has 0 atom stereocenters. The van der Waals surface area contributed by atoms with E-state index in [1.165, 1.54) is 11.3 Å². The lowest BCUT2D eigenvalue weighted by Crippen LogP contribution is -2.21. The van der Waals surface area contributed by atoms with Crippen molar-refractivity contribution < 1.29 is 0 Å². The number of guanidine groups is 1. The molecule has 2 heterocycles.